The Morgan fingerprint density at radius 3 is 2.62 bits per heavy atom. The summed E-state index contributed by atoms with van der Waals surface area (Å²) in [6.07, 6.45) is 6.04. The molecule has 0 unspecified atom stereocenters. The summed E-state index contributed by atoms with van der Waals surface area (Å²) >= 11 is 2.93. The van der Waals surface area contributed by atoms with Gasteiger partial charge >= 0.3 is 0 Å². The molecule has 1 aromatic heterocycles. The maximum atomic E-state index is 13.1. The van der Waals surface area contributed by atoms with Gasteiger partial charge < -0.3 is 4.90 Å². The van der Waals surface area contributed by atoms with E-state index in [1.165, 1.54) is 33.6 Å². The van der Waals surface area contributed by atoms with Crippen LogP contribution in [0.25, 0.3) is 10.2 Å². The third kappa shape index (κ3) is 2.94. The van der Waals surface area contributed by atoms with Gasteiger partial charge in [0.2, 0.25) is 17.7 Å². The van der Waals surface area contributed by atoms with E-state index in [1.54, 1.807) is 0 Å². The fraction of sp³-hybridized carbons (Fsp3) is 0.308. The van der Waals surface area contributed by atoms with Crippen molar-refractivity contribution in [3.05, 3.63) is 60.2 Å². The number of benzene rings is 2. The predicted molar refractivity (Wildman–Crippen MR) is 133 cm³/mol. The number of anilines is 2. The lowest BCUT2D eigenvalue weighted by molar-refractivity contribution is -0.123. The molecule has 8 heteroatoms. The van der Waals surface area contributed by atoms with E-state index in [0.29, 0.717) is 11.4 Å². The van der Waals surface area contributed by atoms with Gasteiger partial charge in [0, 0.05) is 12.2 Å². The molecule has 4 atom stereocenters. The Balaban J connectivity index is 1.09. The first-order chi connectivity index (χ1) is 16.6. The highest BCUT2D eigenvalue weighted by Crippen LogP contribution is 2.53. The Bertz CT molecular complexity index is 1380. The fourth-order valence-corrected chi connectivity index (χ4v) is 8.03. The fourth-order valence-electron chi connectivity index (χ4n) is 6.05. The Morgan fingerprint density at radius 1 is 1.06 bits per heavy atom. The monoisotopic (exact) mass is 487 g/mol. The summed E-state index contributed by atoms with van der Waals surface area (Å²) in [6, 6.07) is 13.6. The molecule has 2 aliphatic carbocycles. The Labute approximate surface area is 204 Å². The zero-order valence-electron chi connectivity index (χ0n) is 18.2. The molecule has 6 nitrogen and oxygen atoms in total. The van der Waals surface area contributed by atoms with E-state index in [1.807, 2.05) is 41.3 Å². The number of carbonyl (C=O) groups is 3. The van der Waals surface area contributed by atoms with Gasteiger partial charge in [0.1, 0.15) is 0 Å². The number of hydrogen-bond donors (Lipinski definition) is 0. The van der Waals surface area contributed by atoms with Gasteiger partial charge in [-0.2, -0.15) is 0 Å². The van der Waals surface area contributed by atoms with Crippen LogP contribution in [0.1, 0.15) is 12.0 Å². The number of rotatable bonds is 4. The maximum Gasteiger partial charge on any atom is 0.238 e. The van der Waals surface area contributed by atoms with Gasteiger partial charge in [-0.25, -0.2) is 9.88 Å². The number of para-hydroxylation sites is 1. The summed E-state index contributed by atoms with van der Waals surface area (Å²) in [4.78, 5) is 47.0. The van der Waals surface area contributed by atoms with E-state index >= 15 is 0 Å². The van der Waals surface area contributed by atoms with Crippen molar-refractivity contribution in [1.29, 1.82) is 0 Å². The summed E-state index contributed by atoms with van der Waals surface area (Å²) in [6.45, 7) is 0.721. The van der Waals surface area contributed by atoms with Crippen LogP contribution in [0.15, 0.2) is 59.0 Å². The first kappa shape index (κ1) is 20.4. The number of allylic oxidation sites excluding steroid dienone is 2. The first-order valence-corrected chi connectivity index (χ1v) is 13.4. The van der Waals surface area contributed by atoms with Crippen LogP contribution < -0.4 is 9.80 Å². The van der Waals surface area contributed by atoms with Crippen molar-refractivity contribution >= 4 is 62.4 Å². The maximum absolute atomic E-state index is 13.1. The second-order valence-electron chi connectivity index (χ2n) is 9.36. The van der Waals surface area contributed by atoms with Crippen LogP contribution in [0.4, 0.5) is 11.4 Å². The van der Waals surface area contributed by atoms with Crippen LogP contribution in [0.5, 0.6) is 0 Å². The van der Waals surface area contributed by atoms with Crippen molar-refractivity contribution in [3.8, 4) is 0 Å². The molecule has 1 saturated heterocycles. The lowest BCUT2D eigenvalue weighted by Gasteiger charge is -2.17. The number of fused-ring (bicyclic) bond motifs is 7. The van der Waals surface area contributed by atoms with Gasteiger partial charge in [-0.05, 0) is 54.5 Å². The van der Waals surface area contributed by atoms with Crippen LogP contribution in [-0.2, 0) is 20.8 Å². The zero-order chi connectivity index (χ0) is 23.0. The molecule has 2 bridgehead atoms. The summed E-state index contributed by atoms with van der Waals surface area (Å²) in [5.41, 5.74) is 3.67. The van der Waals surface area contributed by atoms with Crippen molar-refractivity contribution < 1.29 is 14.4 Å². The number of thioether (sulfide) groups is 1. The van der Waals surface area contributed by atoms with Crippen molar-refractivity contribution in [1.82, 2.24) is 4.98 Å². The van der Waals surface area contributed by atoms with Crippen LogP contribution in [-0.4, -0.2) is 35.0 Å². The molecule has 3 aromatic rings. The molecule has 0 spiro atoms. The molecule has 0 radical (unpaired) electrons. The van der Waals surface area contributed by atoms with E-state index in [2.05, 4.69) is 23.2 Å². The molecule has 2 aromatic carbocycles. The summed E-state index contributed by atoms with van der Waals surface area (Å²) in [5, 5.41) is 0. The van der Waals surface area contributed by atoms with Gasteiger partial charge in [-0.3, -0.25) is 14.4 Å². The predicted octanol–water partition coefficient (Wildman–Crippen LogP) is 4.29. The van der Waals surface area contributed by atoms with Gasteiger partial charge in [0.25, 0.3) is 0 Å². The second-order valence-corrected chi connectivity index (χ2v) is 11.6. The van der Waals surface area contributed by atoms with E-state index in [4.69, 9.17) is 0 Å². The molecular formula is C26H21N3O3S2. The lowest BCUT2D eigenvalue weighted by atomic mass is 9.85. The number of carbonyl (C=O) groups excluding carboxylic acids is 3. The minimum Gasteiger partial charge on any atom is -0.311 e. The van der Waals surface area contributed by atoms with Gasteiger partial charge in [-0.1, -0.05) is 42.1 Å². The Morgan fingerprint density at radius 2 is 1.82 bits per heavy atom. The number of amides is 3. The third-order valence-corrected chi connectivity index (χ3v) is 9.73. The molecule has 3 amide bonds. The van der Waals surface area contributed by atoms with Crippen LogP contribution in [0, 0.1) is 23.7 Å². The minimum atomic E-state index is -0.201. The topological polar surface area (TPSA) is 70.6 Å². The van der Waals surface area contributed by atoms with Gasteiger partial charge in [-0.15, -0.1) is 11.3 Å². The first-order valence-electron chi connectivity index (χ1n) is 11.6. The average Bonchev–Trinajstić information content (AvgIpc) is 3.65. The molecule has 2 fully saturated rings. The molecule has 2 aliphatic heterocycles. The Kier molecular flexibility index (Phi) is 4.51. The molecule has 3 heterocycles. The van der Waals surface area contributed by atoms with Crippen LogP contribution in [0.2, 0.25) is 0 Å². The number of imide groups is 1. The highest BCUT2D eigenvalue weighted by atomic mass is 32.2. The zero-order valence-corrected chi connectivity index (χ0v) is 19.8. The quantitative estimate of drug-likeness (QED) is 0.312. The third-order valence-electron chi connectivity index (χ3n) is 7.59. The Hall–Kier alpha value is -2.97. The molecule has 170 valence electrons. The highest BCUT2D eigenvalue weighted by Gasteiger charge is 2.59. The van der Waals surface area contributed by atoms with Crippen molar-refractivity contribution in [2.45, 2.75) is 17.2 Å². The smallest absolute Gasteiger partial charge is 0.238 e. The van der Waals surface area contributed by atoms with Crippen LogP contribution in [0.3, 0.4) is 0 Å². The molecule has 7 rings (SSSR count). The summed E-state index contributed by atoms with van der Waals surface area (Å²) < 4.78 is 1.73. The van der Waals surface area contributed by atoms with Crippen molar-refractivity contribution in [2.75, 3.05) is 22.1 Å². The normalized spacial score (nSPS) is 26.7. The second kappa shape index (κ2) is 7.52. The largest absolute Gasteiger partial charge is 0.311 e. The van der Waals surface area contributed by atoms with E-state index in [9.17, 15) is 14.4 Å². The van der Waals surface area contributed by atoms with E-state index in [-0.39, 0.29) is 41.4 Å². The molecule has 1 saturated carbocycles. The summed E-state index contributed by atoms with van der Waals surface area (Å²) in [7, 11) is 0. The van der Waals surface area contributed by atoms with E-state index < -0.39 is 0 Å². The van der Waals surface area contributed by atoms with Crippen molar-refractivity contribution in [2.24, 2.45) is 23.7 Å². The molecule has 34 heavy (non-hydrogen) atoms. The number of hydrogen-bond acceptors (Lipinski definition) is 6. The summed E-state index contributed by atoms with van der Waals surface area (Å²) in [5.74, 6) is 0.267. The number of nitrogens with zero attached hydrogens (tertiary/aromatic N) is 3. The number of aromatic nitrogens is 1. The average molecular weight is 488 g/mol. The van der Waals surface area contributed by atoms with Crippen molar-refractivity contribution in [3.63, 3.8) is 0 Å². The SMILES string of the molecule is O=C(CSc1nc2ccc(N3C(=O)[C@H]4[C@H](C3=O)[C@H]3C=C[C@H]4C3)cc2s1)N1CCc2ccccc21. The molecule has 4 aliphatic rings. The van der Waals surface area contributed by atoms with Crippen LogP contribution >= 0.6 is 23.1 Å². The minimum absolute atomic E-state index is 0.0678. The van der Waals surface area contributed by atoms with E-state index in [0.717, 1.165) is 39.6 Å². The molecule has 0 N–H and O–H groups in total. The lowest BCUT2D eigenvalue weighted by Crippen LogP contribution is -2.32. The van der Waals surface area contributed by atoms with Gasteiger partial charge in [0.15, 0.2) is 4.34 Å². The molecular weight excluding hydrogens is 466 g/mol. The standard InChI is InChI=1S/C26H21N3O3S2/c30-21(28-10-9-14-3-1-2-4-19(14)28)13-33-26-27-18-8-7-17(12-20(18)34-26)29-24(31)22-15-5-6-16(11-15)23(22)25(29)32/h1-8,12,15-16,22-23H,9-11,13H2/t15-,16-,22+,23+/m0/s1. The highest BCUT2D eigenvalue weighted by molar-refractivity contribution is 8.01. The van der Waals surface area contributed by atoms with Gasteiger partial charge in [0.05, 0.1) is 33.5 Å². The number of thiazole rings is 1.